The van der Waals surface area contributed by atoms with E-state index in [2.05, 4.69) is 20.7 Å². The summed E-state index contributed by atoms with van der Waals surface area (Å²) >= 11 is 0. The van der Waals surface area contributed by atoms with E-state index in [4.69, 9.17) is 0 Å². The van der Waals surface area contributed by atoms with Crippen molar-refractivity contribution < 1.29 is 23.2 Å². The van der Waals surface area contributed by atoms with Crippen molar-refractivity contribution >= 4 is 17.8 Å². The molecule has 1 unspecified atom stereocenters. The average molecular weight is 533 g/mol. The standard InChI is InChI=1S/C27H38F2N6O3/c1-17-8-6-7-13-34(17)24(37)16-35(33-23(36)11-12-27(3,4)5)26(38)31-18(2)25-30-15-22(32-25)20-10-9-19(28)14-21(20)29/h9-10,14-15,17-18H,6-8,11-13,16H2,1-5H3,(H,30,32)(H,31,38)(H,33,36)/t17?,18-/m0/s1. The fourth-order valence-corrected chi connectivity index (χ4v) is 4.28. The maximum atomic E-state index is 14.2. The van der Waals surface area contributed by atoms with Crippen molar-refractivity contribution in [3.8, 4) is 11.3 Å². The van der Waals surface area contributed by atoms with Gasteiger partial charge < -0.3 is 15.2 Å². The minimum absolute atomic E-state index is 0.0603. The topological polar surface area (TPSA) is 110 Å². The van der Waals surface area contributed by atoms with Gasteiger partial charge in [0.2, 0.25) is 11.8 Å². The van der Waals surface area contributed by atoms with Gasteiger partial charge in [-0.1, -0.05) is 20.8 Å². The lowest BCUT2D eigenvalue weighted by Crippen LogP contribution is -2.56. The predicted molar refractivity (Wildman–Crippen MR) is 139 cm³/mol. The number of carbonyl (C=O) groups excluding carboxylic acids is 3. The summed E-state index contributed by atoms with van der Waals surface area (Å²) in [6, 6.07) is 1.94. The largest absolute Gasteiger partial charge is 0.340 e. The molecule has 4 amide bonds. The molecule has 9 nitrogen and oxygen atoms in total. The summed E-state index contributed by atoms with van der Waals surface area (Å²) in [6.07, 6.45) is 5.03. The zero-order valence-electron chi connectivity index (χ0n) is 22.7. The molecule has 0 bridgehead atoms. The number of H-pyrrole nitrogens is 1. The monoisotopic (exact) mass is 532 g/mol. The van der Waals surface area contributed by atoms with E-state index in [0.717, 1.165) is 36.4 Å². The van der Waals surface area contributed by atoms with Crippen LogP contribution in [0.25, 0.3) is 11.3 Å². The number of amides is 4. The predicted octanol–water partition coefficient (Wildman–Crippen LogP) is 4.69. The Labute approximate surface area is 222 Å². The Bertz CT molecular complexity index is 1150. The molecule has 1 aliphatic heterocycles. The molecule has 38 heavy (non-hydrogen) atoms. The molecule has 1 fully saturated rings. The summed E-state index contributed by atoms with van der Waals surface area (Å²) in [5, 5.41) is 3.74. The molecule has 1 saturated heterocycles. The van der Waals surface area contributed by atoms with E-state index in [-0.39, 0.29) is 41.8 Å². The second-order valence-electron chi connectivity index (χ2n) is 11.1. The van der Waals surface area contributed by atoms with Crippen LogP contribution in [-0.4, -0.2) is 56.9 Å². The molecule has 2 aromatic rings. The number of imidazole rings is 1. The molecule has 3 N–H and O–H groups in total. The number of likely N-dealkylation sites (tertiary alicyclic amines) is 1. The molecular formula is C27H38F2N6O3. The second-order valence-corrected chi connectivity index (χ2v) is 11.1. The lowest BCUT2D eigenvalue weighted by molar-refractivity contribution is -0.136. The van der Waals surface area contributed by atoms with Crippen LogP contribution in [0.15, 0.2) is 24.4 Å². The van der Waals surface area contributed by atoms with Crippen molar-refractivity contribution in [3.05, 3.63) is 41.9 Å². The number of piperidine rings is 1. The van der Waals surface area contributed by atoms with E-state index in [1.54, 1.807) is 11.8 Å². The first-order valence-electron chi connectivity index (χ1n) is 13.0. The number of urea groups is 1. The fourth-order valence-electron chi connectivity index (χ4n) is 4.28. The number of carbonyl (C=O) groups is 3. The Morgan fingerprint density at radius 3 is 2.63 bits per heavy atom. The van der Waals surface area contributed by atoms with Crippen LogP contribution in [0, 0.1) is 17.0 Å². The fraction of sp³-hybridized carbons (Fsp3) is 0.556. The van der Waals surface area contributed by atoms with Crippen LogP contribution in [0.1, 0.15) is 78.6 Å². The summed E-state index contributed by atoms with van der Waals surface area (Å²) < 4.78 is 27.5. The smallest absolute Gasteiger partial charge is 0.337 e. The third kappa shape index (κ3) is 8.00. The van der Waals surface area contributed by atoms with E-state index in [1.807, 2.05) is 27.7 Å². The van der Waals surface area contributed by atoms with Crippen LogP contribution in [-0.2, 0) is 9.59 Å². The highest BCUT2D eigenvalue weighted by Crippen LogP contribution is 2.24. The van der Waals surface area contributed by atoms with Crippen molar-refractivity contribution in [2.45, 2.75) is 78.8 Å². The minimum Gasteiger partial charge on any atom is -0.340 e. The normalized spacial score (nSPS) is 16.6. The van der Waals surface area contributed by atoms with E-state index in [9.17, 15) is 23.2 Å². The van der Waals surface area contributed by atoms with Gasteiger partial charge in [0.15, 0.2) is 0 Å². The van der Waals surface area contributed by atoms with Gasteiger partial charge in [0, 0.05) is 30.6 Å². The third-order valence-electron chi connectivity index (χ3n) is 6.59. The van der Waals surface area contributed by atoms with Crippen LogP contribution in [0.5, 0.6) is 0 Å². The lowest BCUT2D eigenvalue weighted by atomic mass is 9.90. The van der Waals surface area contributed by atoms with Crippen molar-refractivity contribution in [3.63, 3.8) is 0 Å². The number of aromatic nitrogens is 2. The average Bonchev–Trinajstić information content (AvgIpc) is 3.32. The van der Waals surface area contributed by atoms with Crippen LogP contribution in [0.3, 0.4) is 0 Å². The maximum absolute atomic E-state index is 14.2. The molecular weight excluding hydrogens is 494 g/mol. The number of rotatable bonds is 7. The molecule has 2 heterocycles. The van der Waals surface area contributed by atoms with Gasteiger partial charge >= 0.3 is 6.03 Å². The van der Waals surface area contributed by atoms with Crippen molar-refractivity contribution in [2.75, 3.05) is 13.1 Å². The Balaban J connectivity index is 1.71. The van der Waals surface area contributed by atoms with Crippen LogP contribution < -0.4 is 10.7 Å². The SMILES string of the molecule is CC1CCCCN1C(=O)CN(NC(=O)CCC(C)(C)C)C(=O)N[C@@H](C)c1ncc(-c2ccc(F)cc2F)[nH]1. The van der Waals surface area contributed by atoms with E-state index in [1.165, 1.54) is 12.3 Å². The van der Waals surface area contributed by atoms with Gasteiger partial charge in [0.05, 0.1) is 17.9 Å². The van der Waals surface area contributed by atoms with Crippen LogP contribution >= 0.6 is 0 Å². The highest BCUT2D eigenvalue weighted by atomic mass is 19.1. The molecule has 2 atom stereocenters. The van der Waals surface area contributed by atoms with E-state index < -0.39 is 23.7 Å². The molecule has 3 rings (SSSR count). The van der Waals surface area contributed by atoms with Crippen molar-refractivity contribution in [2.24, 2.45) is 5.41 Å². The summed E-state index contributed by atoms with van der Waals surface area (Å²) in [7, 11) is 0. The van der Waals surface area contributed by atoms with Gasteiger partial charge in [-0.15, -0.1) is 0 Å². The molecule has 0 radical (unpaired) electrons. The van der Waals surface area contributed by atoms with E-state index in [0.29, 0.717) is 24.5 Å². The third-order valence-corrected chi connectivity index (χ3v) is 6.59. The highest BCUT2D eigenvalue weighted by Gasteiger charge is 2.28. The Kier molecular flexibility index (Phi) is 9.45. The first kappa shape index (κ1) is 29.1. The molecule has 11 heteroatoms. The van der Waals surface area contributed by atoms with Gasteiger partial charge in [-0.3, -0.25) is 15.0 Å². The summed E-state index contributed by atoms with van der Waals surface area (Å²) in [5.74, 6) is -1.72. The highest BCUT2D eigenvalue weighted by molar-refractivity contribution is 5.87. The minimum atomic E-state index is -0.744. The number of halogens is 2. The maximum Gasteiger partial charge on any atom is 0.337 e. The zero-order valence-corrected chi connectivity index (χ0v) is 22.7. The molecule has 0 aliphatic carbocycles. The quantitative estimate of drug-likeness (QED) is 0.450. The molecule has 0 spiro atoms. The Hall–Kier alpha value is -3.50. The zero-order chi connectivity index (χ0) is 28.0. The van der Waals surface area contributed by atoms with Crippen LogP contribution in [0.4, 0.5) is 13.6 Å². The van der Waals surface area contributed by atoms with Crippen molar-refractivity contribution in [1.29, 1.82) is 0 Å². The van der Waals surface area contributed by atoms with Crippen LogP contribution in [0.2, 0.25) is 0 Å². The molecule has 1 aromatic carbocycles. The summed E-state index contributed by atoms with van der Waals surface area (Å²) in [6.45, 7) is 9.99. The van der Waals surface area contributed by atoms with Crippen molar-refractivity contribution in [1.82, 2.24) is 30.6 Å². The molecule has 1 aromatic heterocycles. The Morgan fingerprint density at radius 1 is 1.24 bits per heavy atom. The Morgan fingerprint density at radius 2 is 1.97 bits per heavy atom. The van der Waals surface area contributed by atoms with Gasteiger partial charge in [0.25, 0.3) is 0 Å². The molecule has 208 valence electrons. The number of nitrogens with one attached hydrogen (secondary N) is 3. The summed E-state index contributed by atoms with van der Waals surface area (Å²) in [4.78, 5) is 47.8. The number of benzene rings is 1. The van der Waals surface area contributed by atoms with Gasteiger partial charge in [-0.25, -0.2) is 23.6 Å². The van der Waals surface area contributed by atoms with Gasteiger partial charge in [0.1, 0.15) is 24.0 Å². The number of hydrazine groups is 1. The molecule has 1 aliphatic rings. The number of nitrogens with zero attached hydrogens (tertiary/aromatic N) is 3. The second kappa shape index (κ2) is 12.4. The number of hydrogen-bond donors (Lipinski definition) is 3. The first-order chi connectivity index (χ1) is 17.8. The van der Waals surface area contributed by atoms with Gasteiger partial charge in [-0.2, -0.15) is 0 Å². The first-order valence-corrected chi connectivity index (χ1v) is 13.0. The number of aromatic amines is 1. The number of hydrogen-bond acceptors (Lipinski definition) is 4. The van der Waals surface area contributed by atoms with Gasteiger partial charge in [-0.05, 0) is 57.1 Å². The van der Waals surface area contributed by atoms with E-state index >= 15 is 0 Å². The lowest BCUT2D eigenvalue weighted by Gasteiger charge is -2.35. The molecule has 0 saturated carbocycles. The summed E-state index contributed by atoms with van der Waals surface area (Å²) in [5.41, 5.74) is 2.98.